The van der Waals surface area contributed by atoms with Crippen LogP contribution in [-0.2, 0) is 6.54 Å². The van der Waals surface area contributed by atoms with E-state index in [1.807, 2.05) is 18.2 Å². The largest absolute Gasteiger partial charge is 0.310 e. The highest BCUT2D eigenvalue weighted by Gasteiger charge is 2.14. The van der Waals surface area contributed by atoms with E-state index in [4.69, 9.17) is 11.6 Å². The zero-order valence-electron chi connectivity index (χ0n) is 12.3. The van der Waals surface area contributed by atoms with Gasteiger partial charge in [0.25, 0.3) is 0 Å². The van der Waals surface area contributed by atoms with Crippen molar-refractivity contribution in [3.63, 3.8) is 0 Å². The number of nitrogens with zero attached hydrogens (tertiary/aromatic N) is 1. The lowest BCUT2D eigenvalue weighted by atomic mass is 9.99. The number of pyridine rings is 1. The number of benzene rings is 1. The maximum absolute atomic E-state index is 6.43. The van der Waals surface area contributed by atoms with Crippen molar-refractivity contribution in [1.29, 1.82) is 0 Å². The predicted octanol–water partition coefficient (Wildman–Crippen LogP) is 4.37. The van der Waals surface area contributed by atoms with Gasteiger partial charge in [-0.1, -0.05) is 51.0 Å². The van der Waals surface area contributed by atoms with Gasteiger partial charge in [-0.2, -0.15) is 0 Å². The molecule has 0 aliphatic rings. The average Bonchev–Trinajstić information content (AvgIpc) is 2.48. The number of halogens is 1. The van der Waals surface area contributed by atoms with Crippen LogP contribution in [0.4, 0.5) is 0 Å². The first kappa shape index (κ1) is 15.3. The number of alkyl halides is 1. The molecule has 1 heterocycles. The van der Waals surface area contributed by atoms with Crippen LogP contribution >= 0.6 is 11.6 Å². The van der Waals surface area contributed by atoms with E-state index in [-0.39, 0.29) is 5.38 Å². The number of aromatic nitrogens is 1. The molecule has 0 spiro atoms. The van der Waals surface area contributed by atoms with Crippen LogP contribution in [0, 0.1) is 5.92 Å². The van der Waals surface area contributed by atoms with Crippen LogP contribution in [0.2, 0.25) is 0 Å². The second kappa shape index (κ2) is 7.61. The maximum Gasteiger partial charge on any atom is 0.0705 e. The Hall–Kier alpha value is -1.12. The third-order valence-electron chi connectivity index (χ3n) is 3.86. The van der Waals surface area contributed by atoms with Crippen LogP contribution in [0.5, 0.6) is 0 Å². The second-order valence-electron chi connectivity index (χ2n) is 5.22. The molecular weight excluding hydrogens is 268 g/mol. The highest BCUT2D eigenvalue weighted by molar-refractivity contribution is 6.21. The summed E-state index contributed by atoms with van der Waals surface area (Å²) in [4.78, 5) is 4.65. The monoisotopic (exact) mass is 290 g/mol. The zero-order valence-corrected chi connectivity index (χ0v) is 13.0. The molecule has 0 saturated heterocycles. The number of rotatable bonds is 7. The van der Waals surface area contributed by atoms with Gasteiger partial charge in [0.15, 0.2) is 0 Å². The Labute approximate surface area is 126 Å². The van der Waals surface area contributed by atoms with Crippen molar-refractivity contribution in [3.05, 3.63) is 42.1 Å². The van der Waals surface area contributed by atoms with Gasteiger partial charge in [0.1, 0.15) is 0 Å². The lowest BCUT2D eigenvalue weighted by Gasteiger charge is -2.19. The summed E-state index contributed by atoms with van der Waals surface area (Å²) < 4.78 is 0. The molecule has 2 aromatic rings. The predicted molar refractivity (Wildman–Crippen MR) is 87.2 cm³/mol. The Morgan fingerprint density at radius 2 is 1.85 bits per heavy atom. The molecule has 0 fully saturated rings. The van der Waals surface area contributed by atoms with Gasteiger partial charge in [-0.25, -0.2) is 0 Å². The quantitative estimate of drug-likeness (QED) is 0.766. The molecule has 20 heavy (non-hydrogen) atoms. The molecule has 0 bridgehead atoms. The summed E-state index contributed by atoms with van der Waals surface area (Å²) in [6.07, 6.45) is 2.28. The average molecular weight is 291 g/mol. The summed E-state index contributed by atoms with van der Waals surface area (Å²) in [5.41, 5.74) is 2.12. The molecule has 1 aromatic heterocycles. The van der Waals surface area contributed by atoms with E-state index in [2.05, 4.69) is 42.3 Å². The number of hydrogen-bond acceptors (Lipinski definition) is 2. The standard InChI is InChI=1S/C17H23ClN2/c1-3-13(4-2)16(18)12-19-11-15-10-9-14-7-5-6-8-17(14)20-15/h5-10,13,16,19H,3-4,11-12H2,1-2H3. The van der Waals surface area contributed by atoms with Crippen molar-refractivity contribution >= 4 is 22.5 Å². The molecule has 1 unspecified atom stereocenters. The minimum atomic E-state index is 0.199. The van der Waals surface area contributed by atoms with Gasteiger partial charge >= 0.3 is 0 Å². The van der Waals surface area contributed by atoms with Gasteiger partial charge in [0.2, 0.25) is 0 Å². The second-order valence-corrected chi connectivity index (χ2v) is 5.78. The first-order chi connectivity index (χ1) is 9.74. The Bertz CT molecular complexity index is 537. The summed E-state index contributed by atoms with van der Waals surface area (Å²) in [6.45, 7) is 6.01. The van der Waals surface area contributed by atoms with Crippen molar-refractivity contribution in [2.24, 2.45) is 5.92 Å². The summed E-state index contributed by atoms with van der Waals surface area (Å²) in [5.74, 6) is 0.591. The molecule has 108 valence electrons. The molecule has 1 aromatic carbocycles. The van der Waals surface area contributed by atoms with E-state index in [1.165, 1.54) is 5.39 Å². The number of hydrogen-bond donors (Lipinski definition) is 1. The lowest BCUT2D eigenvalue weighted by Crippen LogP contribution is -2.28. The van der Waals surface area contributed by atoms with E-state index in [0.717, 1.165) is 37.1 Å². The van der Waals surface area contributed by atoms with Gasteiger partial charge in [0, 0.05) is 23.9 Å². The van der Waals surface area contributed by atoms with Crippen LogP contribution in [0.1, 0.15) is 32.4 Å². The molecule has 2 nitrogen and oxygen atoms in total. The molecular formula is C17H23ClN2. The van der Waals surface area contributed by atoms with Crippen molar-refractivity contribution < 1.29 is 0 Å². The Balaban J connectivity index is 1.89. The molecule has 0 aliphatic carbocycles. The fourth-order valence-corrected chi connectivity index (χ4v) is 2.98. The molecule has 0 amide bonds. The normalized spacial score (nSPS) is 13.0. The lowest BCUT2D eigenvalue weighted by molar-refractivity contribution is 0.445. The van der Waals surface area contributed by atoms with E-state index in [0.29, 0.717) is 5.92 Å². The fraction of sp³-hybridized carbons (Fsp3) is 0.471. The van der Waals surface area contributed by atoms with E-state index < -0.39 is 0 Å². The van der Waals surface area contributed by atoms with Gasteiger partial charge in [0.05, 0.1) is 11.2 Å². The highest BCUT2D eigenvalue weighted by Crippen LogP contribution is 2.18. The van der Waals surface area contributed by atoms with Crippen molar-refractivity contribution in [2.45, 2.75) is 38.6 Å². The van der Waals surface area contributed by atoms with Crippen LogP contribution in [0.25, 0.3) is 10.9 Å². The number of para-hydroxylation sites is 1. The smallest absolute Gasteiger partial charge is 0.0705 e. The molecule has 1 atom stereocenters. The Morgan fingerprint density at radius 3 is 2.60 bits per heavy atom. The summed E-state index contributed by atoms with van der Waals surface area (Å²) in [5, 5.41) is 4.80. The van der Waals surface area contributed by atoms with Crippen molar-refractivity contribution in [1.82, 2.24) is 10.3 Å². The van der Waals surface area contributed by atoms with E-state index in [1.54, 1.807) is 0 Å². The summed E-state index contributed by atoms with van der Waals surface area (Å²) >= 11 is 6.43. The van der Waals surface area contributed by atoms with Crippen LogP contribution < -0.4 is 5.32 Å². The minimum absolute atomic E-state index is 0.199. The third-order valence-corrected chi connectivity index (χ3v) is 4.37. The van der Waals surface area contributed by atoms with Crippen molar-refractivity contribution in [2.75, 3.05) is 6.54 Å². The number of fused-ring (bicyclic) bond motifs is 1. The summed E-state index contributed by atoms with van der Waals surface area (Å²) in [6, 6.07) is 12.4. The van der Waals surface area contributed by atoms with Gasteiger partial charge < -0.3 is 5.32 Å². The molecule has 1 N–H and O–H groups in total. The van der Waals surface area contributed by atoms with Gasteiger partial charge in [-0.3, -0.25) is 4.98 Å². The third kappa shape index (κ3) is 3.94. The number of nitrogens with one attached hydrogen (secondary N) is 1. The first-order valence-electron chi connectivity index (χ1n) is 7.44. The Kier molecular flexibility index (Phi) is 5.81. The summed E-state index contributed by atoms with van der Waals surface area (Å²) in [7, 11) is 0. The van der Waals surface area contributed by atoms with Crippen LogP contribution in [-0.4, -0.2) is 16.9 Å². The minimum Gasteiger partial charge on any atom is -0.310 e. The maximum atomic E-state index is 6.43. The van der Waals surface area contributed by atoms with E-state index >= 15 is 0 Å². The zero-order chi connectivity index (χ0) is 14.4. The van der Waals surface area contributed by atoms with Crippen molar-refractivity contribution in [3.8, 4) is 0 Å². The van der Waals surface area contributed by atoms with Crippen LogP contribution in [0.15, 0.2) is 36.4 Å². The molecule has 0 aliphatic heterocycles. The highest BCUT2D eigenvalue weighted by atomic mass is 35.5. The molecule has 2 rings (SSSR count). The molecule has 0 saturated carbocycles. The fourth-order valence-electron chi connectivity index (χ4n) is 2.51. The van der Waals surface area contributed by atoms with Gasteiger partial charge in [-0.05, 0) is 18.1 Å². The Morgan fingerprint density at radius 1 is 1.10 bits per heavy atom. The van der Waals surface area contributed by atoms with E-state index in [9.17, 15) is 0 Å². The topological polar surface area (TPSA) is 24.9 Å². The first-order valence-corrected chi connectivity index (χ1v) is 7.87. The molecule has 0 radical (unpaired) electrons. The van der Waals surface area contributed by atoms with Crippen LogP contribution in [0.3, 0.4) is 0 Å². The molecule has 3 heteroatoms. The SMILES string of the molecule is CCC(CC)C(Cl)CNCc1ccc2ccccc2n1. The van der Waals surface area contributed by atoms with Gasteiger partial charge in [-0.15, -0.1) is 11.6 Å².